The Labute approximate surface area is 446 Å². The molecule has 7 nitrogen and oxygen atoms in total. The first-order chi connectivity index (χ1) is 38.8. The summed E-state index contributed by atoms with van der Waals surface area (Å²) in [6.07, 6.45) is -4.63. The molecule has 0 unspecified atom stereocenters. The van der Waals surface area contributed by atoms with E-state index in [1.165, 1.54) is 12.1 Å². The average molecular weight is 1020 g/mol. The van der Waals surface area contributed by atoms with Gasteiger partial charge in [-0.25, -0.2) is 0 Å². The summed E-state index contributed by atoms with van der Waals surface area (Å²) < 4.78 is 60.3. The van der Waals surface area contributed by atoms with Gasteiger partial charge in [0.1, 0.15) is 34.4 Å². The maximum absolute atomic E-state index is 15.0. The van der Waals surface area contributed by atoms with Crippen LogP contribution in [0.1, 0.15) is 16.7 Å². The van der Waals surface area contributed by atoms with Gasteiger partial charge < -0.3 is 22.7 Å². The lowest BCUT2D eigenvalue weighted by Crippen LogP contribution is -2.17. The Bertz CT molecular complexity index is 5100. The van der Waals surface area contributed by atoms with Gasteiger partial charge in [-0.2, -0.15) is 23.7 Å². The van der Waals surface area contributed by atoms with Crippen molar-refractivity contribution in [1.82, 2.24) is 18.3 Å². The highest BCUT2D eigenvalue weighted by Gasteiger charge is 2.37. The van der Waals surface area contributed by atoms with Crippen molar-refractivity contribution < 1.29 is 17.6 Å². The van der Waals surface area contributed by atoms with E-state index in [1.807, 2.05) is 133 Å². The van der Waals surface area contributed by atoms with E-state index in [4.69, 9.17) is 4.42 Å². The molecule has 0 aliphatic heterocycles. The van der Waals surface area contributed by atoms with Crippen LogP contribution in [0.25, 0.3) is 143 Å². The van der Waals surface area contributed by atoms with Crippen LogP contribution in [-0.4, -0.2) is 18.3 Å². The SMILES string of the molecule is N#Cc1c(-n2c3ccccc3c3ccccc32)c(C#N)c(-n2c3ccccc3c3ccccc32)c(-n2c3ccc(-c4ccccc4C(F)(F)F)cc3c3ccc4oc5ccccc5c4c32)c1-n1c2ccccc2c2ccccc21. The zero-order valence-corrected chi connectivity index (χ0v) is 41.6. The van der Waals surface area contributed by atoms with E-state index >= 15 is 0 Å². The van der Waals surface area contributed by atoms with Crippen molar-refractivity contribution in [1.29, 1.82) is 10.5 Å². The third kappa shape index (κ3) is 6.05. The van der Waals surface area contributed by atoms with Crippen molar-refractivity contribution in [3.05, 3.63) is 241 Å². The number of para-hydroxylation sites is 7. The van der Waals surface area contributed by atoms with Gasteiger partial charge in [0.25, 0.3) is 0 Å². The van der Waals surface area contributed by atoms with E-state index in [0.29, 0.717) is 55.9 Å². The molecular formula is C69H37F3N6O. The highest BCUT2D eigenvalue weighted by molar-refractivity contribution is 6.26. The third-order valence-corrected chi connectivity index (χ3v) is 16.1. The Morgan fingerprint density at radius 1 is 0.342 bits per heavy atom. The predicted octanol–water partition coefficient (Wildman–Crippen LogP) is 18.4. The minimum atomic E-state index is -4.63. The van der Waals surface area contributed by atoms with Crippen LogP contribution in [0.4, 0.5) is 13.2 Å². The first-order valence-electron chi connectivity index (χ1n) is 25.9. The van der Waals surface area contributed by atoms with Gasteiger partial charge in [0.05, 0.1) is 77.8 Å². The second-order valence-corrected chi connectivity index (χ2v) is 20.0. The summed E-state index contributed by atoms with van der Waals surface area (Å²) >= 11 is 0. The Balaban J connectivity index is 1.23. The predicted molar refractivity (Wildman–Crippen MR) is 311 cm³/mol. The number of rotatable bonds is 5. The first kappa shape index (κ1) is 44.5. The molecule has 0 aliphatic rings. The molecule has 5 aromatic heterocycles. The number of nitriles is 2. The molecule has 0 saturated heterocycles. The summed E-state index contributed by atoms with van der Waals surface area (Å²) in [5, 5.41) is 33.7. The molecule has 0 bridgehead atoms. The second kappa shape index (κ2) is 16.3. The molecule has 0 aliphatic carbocycles. The highest BCUT2D eigenvalue weighted by atomic mass is 19.4. The van der Waals surface area contributed by atoms with Crippen LogP contribution < -0.4 is 0 Å². The van der Waals surface area contributed by atoms with E-state index in [0.717, 1.165) is 87.6 Å². The molecule has 0 amide bonds. The van der Waals surface area contributed by atoms with Crippen molar-refractivity contribution in [3.8, 4) is 46.0 Å². The van der Waals surface area contributed by atoms with Crippen molar-refractivity contribution in [2.45, 2.75) is 6.18 Å². The summed E-state index contributed by atoms with van der Waals surface area (Å²) in [6.45, 7) is 0. The lowest BCUT2D eigenvalue weighted by molar-refractivity contribution is -0.137. The molecule has 0 saturated carbocycles. The van der Waals surface area contributed by atoms with E-state index in [2.05, 4.69) is 91.1 Å². The summed E-state index contributed by atoms with van der Waals surface area (Å²) in [5.41, 5.74) is 9.40. The quantitative estimate of drug-likeness (QED) is 0.172. The first-order valence-corrected chi connectivity index (χ1v) is 25.9. The number of furan rings is 1. The zero-order chi connectivity index (χ0) is 52.8. The molecule has 16 rings (SSSR count). The zero-order valence-electron chi connectivity index (χ0n) is 41.6. The molecule has 0 radical (unpaired) electrons. The van der Waals surface area contributed by atoms with Crippen molar-refractivity contribution in [2.75, 3.05) is 0 Å². The minimum Gasteiger partial charge on any atom is -0.456 e. The molecule has 16 aromatic rings. The van der Waals surface area contributed by atoms with Crippen molar-refractivity contribution >= 4 is 109 Å². The number of benzene rings is 11. The number of hydrogen-bond donors (Lipinski definition) is 0. The fraction of sp³-hybridized carbons (Fsp3) is 0.0145. The fourth-order valence-corrected chi connectivity index (χ4v) is 13.0. The smallest absolute Gasteiger partial charge is 0.417 e. The number of halogens is 3. The number of aromatic nitrogens is 4. The van der Waals surface area contributed by atoms with E-state index in [-0.39, 0.29) is 16.7 Å². The molecular weight excluding hydrogens is 986 g/mol. The average Bonchev–Trinajstić information content (AvgIpc) is 3.30. The lowest BCUT2D eigenvalue weighted by atomic mass is 9.97. The van der Waals surface area contributed by atoms with E-state index < -0.39 is 11.7 Å². The van der Waals surface area contributed by atoms with Gasteiger partial charge in [0.2, 0.25) is 0 Å². The van der Waals surface area contributed by atoms with Gasteiger partial charge in [-0.05, 0) is 83.9 Å². The summed E-state index contributed by atoms with van der Waals surface area (Å²) in [6, 6.07) is 77.3. The van der Waals surface area contributed by atoms with Crippen LogP contribution in [-0.2, 0) is 6.18 Å². The highest BCUT2D eigenvalue weighted by Crippen LogP contribution is 2.51. The Morgan fingerprint density at radius 3 is 1.22 bits per heavy atom. The minimum absolute atomic E-state index is 0.0404. The van der Waals surface area contributed by atoms with Gasteiger partial charge in [-0.1, -0.05) is 152 Å². The van der Waals surface area contributed by atoms with Crippen molar-refractivity contribution in [2.24, 2.45) is 0 Å². The summed E-state index contributed by atoms with van der Waals surface area (Å²) in [7, 11) is 0. The maximum Gasteiger partial charge on any atom is 0.417 e. The fourth-order valence-electron chi connectivity index (χ4n) is 13.0. The summed E-state index contributed by atoms with van der Waals surface area (Å²) in [4.78, 5) is 0. The lowest BCUT2D eigenvalue weighted by Gasteiger charge is -2.27. The van der Waals surface area contributed by atoms with Gasteiger partial charge in [-0.3, -0.25) is 0 Å². The Hall–Kier alpha value is -10.8. The number of hydrogen-bond acceptors (Lipinski definition) is 3. The van der Waals surface area contributed by atoms with Crippen LogP contribution in [0.5, 0.6) is 0 Å². The van der Waals surface area contributed by atoms with Crippen molar-refractivity contribution in [3.63, 3.8) is 0 Å². The number of alkyl halides is 3. The topological polar surface area (TPSA) is 80.4 Å². The van der Waals surface area contributed by atoms with Gasteiger partial charge in [0, 0.05) is 48.5 Å². The number of nitrogens with zero attached hydrogens (tertiary/aromatic N) is 6. The molecule has 10 heteroatoms. The van der Waals surface area contributed by atoms with Gasteiger partial charge >= 0.3 is 6.18 Å². The van der Waals surface area contributed by atoms with Gasteiger partial charge in [-0.15, -0.1) is 0 Å². The van der Waals surface area contributed by atoms with Gasteiger partial charge in [0.15, 0.2) is 0 Å². The second-order valence-electron chi connectivity index (χ2n) is 20.0. The molecule has 370 valence electrons. The molecule has 0 N–H and O–H groups in total. The van der Waals surface area contributed by atoms with Crippen LogP contribution >= 0.6 is 0 Å². The molecule has 79 heavy (non-hydrogen) atoms. The largest absolute Gasteiger partial charge is 0.456 e. The normalized spacial score (nSPS) is 12.2. The molecule has 0 spiro atoms. The molecule has 0 fully saturated rings. The Morgan fingerprint density at radius 2 is 0.747 bits per heavy atom. The van der Waals surface area contributed by atoms with Crippen LogP contribution in [0, 0.1) is 22.7 Å². The maximum atomic E-state index is 15.0. The van der Waals surface area contributed by atoms with Crippen LogP contribution in [0.2, 0.25) is 0 Å². The van der Waals surface area contributed by atoms with E-state index in [9.17, 15) is 23.7 Å². The third-order valence-electron chi connectivity index (χ3n) is 16.1. The standard InChI is InChI=1S/C69H37F3N6O/c70-69(71,72)53-25-9-1-17-41(53)40-33-35-60-50(37-40)48-34-36-62-63(49-24-8-16-32-61(49)79-62)65(48)78(60)68-66(76-56-28-12-4-20-44(56)45-21-5-13-29-57(45)76)51(38-73)64(75-54-26-10-2-18-42(54)43-19-3-11-27-55(43)75)52(39-74)67(68)77-58-30-14-6-22-46(58)47-23-7-15-31-59(47)77/h1-37H. The molecule has 11 aromatic carbocycles. The monoisotopic (exact) mass is 1020 g/mol. The van der Waals surface area contributed by atoms with E-state index in [1.54, 1.807) is 12.1 Å². The Kier molecular flexibility index (Phi) is 9.20. The molecule has 5 heterocycles. The van der Waals surface area contributed by atoms with Crippen LogP contribution in [0.15, 0.2) is 229 Å². The number of fused-ring (bicyclic) bond motifs is 16. The molecule has 0 atom stereocenters. The summed E-state index contributed by atoms with van der Waals surface area (Å²) in [5.74, 6) is 0. The van der Waals surface area contributed by atoms with Crippen LogP contribution in [0.3, 0.4) is 0 Å².